The number of hydrogen-bond acceptors (Lipinski definition) is 5. The number of hydrogen-bond donors (Lipinski definition) is 1. The first-order valence-corrected chi connectivity index (χ1v) is 11.0. The molecule has 148 valence electrons. The van der Waals surface area contributed by atoms with Crippen LogP contribution in [0.3, 0.4) is 0 Å². The molecule has 1 aromatic heterocycles. The topological polar surface area (TPSA) is 81.4 Å². The average Bonchev–Trinajstić information content (AvgIpc) is 3.09. The van der Waals surface area contributed by atoms with Gasteiger partial charge in [-0.1, -0.05) is 23.7 Å². The fourth-order valence-corrected chi connectivity index (χ4v) is 3.46. The first kappa shape index (κ1) is 20.5. The fourth-order valence-electron chi connectivity index (χ4n) is 2.70. The third kappa shape index (κ3) is 4.99. The molecular formula is C20H21ClN2O4S. The Balaban J connectivity index is 1.97. The summed E-state index contributed by atoms with van der Waals surface area (Å²) in [5.74, 6) is 0. The van der Waals surface area contributed by atoms with E-state index >= 15 is 0 Å². The fraction of sp³-hybridized carbons (Fsp3) is 0.250. The van der Waals surface area contributed by atoms with Crippen LogP contribution in [0.4, 0.5) is 0 Å². The highest BCUT2D eigenvalue weighted by Gasteiger charge is 2.14. The molecule has 0 radical (unpaired) electrons. The molecule has 0 bridgehead atoms. The molecular weight excluding hydrogens is 400 g/mol. The monoisotopic (exact) mass is 420 g/mol. The van der Waals surface area contributed by atoms with Crippen LogP contribution in [0.25, 0.3) is 16.9 Å². The number of aromatic nitrogens is 2. The van der Waals surface area contributed by atoms with Gasteiger partial charge in [0.1, 0.15) is 0 Å². The van der Waals surface area contributed by atoms with E-state index in [1.807, 2.05) is 18.2 Å². The van der Waals surface area contributed by atoms with Crippen molar-refractivity contribution in [2.75, 3.05) is 19.5 Å². The minimum absolute atomic E-state index is 0.0805. The first-order valence-electron chi connectivity index (χ1n) is 8.72. The van der Waals surface area contributed by atoms with Gasteiger partial charge in [-0.15, -0.1) is 0 Å². The molecule has 0 aliphatic rings. The van der Waals surface area contributed by atoms with Crippen molar-refractivity contribution < 1.29 is 18.3 Å². The van der Waals surface area contributed by atoms with Crippen molar-refractivity contribution >= 4 is 21.4 Å². The summed E-state index contributed by atoms with van der Waals surface area (Å²) in [6.45, 7) is 0.842. The second-order valence-corrected chi connectivity index (χ2v) is 8.79. The second-order valence-electron chi connectivity index (χ2n) is 6.34. The lowest BCUT2D eigenvalue weighted by Gasteiger charge is -2.08. The summed E-state index contributed by atoms with van der Waals surface area (Å²) < 4.78 is 30.7. The molecule has 28 heavy (non-hydrogen) atoms. The van der Waals surface area contributed by atoms with Gasteiger partial charge in [0.2, 0.25) is 0 Å². The van der Waals surface area contributed by atoms with Crippen LogP contribution >= 0.6 is 11.6 Å². The van der Waals surface area contributed by atoms with Crippen molar-refractivity contribution in [2.24, 2.45) is 0 Å². The average molecular weight is 421 g/mol. The Morgan fingerprint density at radius 3 is 2.39 bits per heavy atom. The minimum atomic E-state index is -3.26. The number of benzene rings is 2. The summed E-state index contributed by atoms with van der Waals surface area (Å²) in [5, 5.41) is 14.1. The number of aliphatic hydroxyl groups is 1. The Morgan fingerprint density at radius 2 is 1.79 bits per heavy atom. The number of ether oxygens (including phenoxy) is 1. The van der Waals surface area contributed by atoms with Crippen molar-refractivity contribution in [1.82, 2.24) is 9.78 Å². The number of halogens is 1. The van der Waals surface area contributed by atoms with E-state index < -0.39 is 9.84 Å². The molecule has 3 rings (SSSR count). The molecule has 0 atom stereocenters. The van der Waals surface area contributed by atoms with E-state index in [0.29, 0.717) is 24.7 Å². The number of aliphatic hydroxyl groups excluding tert-OH is 1. The van der Waals surface area contributed by atoms with Gasteiger partial charge in [-0.25, -0.2) is 13.1 Å². The van der Waals surface area contributed by atoms with Crippen molar-refractivity contribution in [3.63, 3.8) is 0 Å². The summed E-state index contributed by atoms with van der Waals surface area (Å²) in [4.78, 5) is 0.265. The lowest BCUT2D eigenvalue weighted by molar-refractivity contribution is 0.102. The molecule has 0 saturated carbocycles. The number of nitrogens with zero attached hydrogens (tertiary/aromatic N) is 2. The standard InChI is InChI=1S/C20H21ClN2O4S/c1-28(25,26)19-9-3-15(4-10-19)20-13-17(14-27-12-2-11-24)22-23(20)18-7-5-16(21)6-8-18/h3-10,13,24H,2,11-12,14H2,1H3. The van der Waals surface area contributed by atoms with Crippen LogP contribution in [0.1, 0.15) is 12.1 Å². The molecule has 1 heterocycles. The molecule has 0 fully saturated rings. The van der Waals surface area contributed by atoms with E-state index in [2.05, 4.69) is 5.10 Å². The lowest BCUT2D eigenvalue weighted by Crippen LogP contribution is -2.02. The van der Waals surface area contributed by atoms with Crippen LogP contribution in [0.15, 0.2) is 59.5 Å². The Kier molecular flexibility index (Phi) is 6.51. The highest BCUT2D eigenvalue weighted by molar-refractivity contribution is 7.90. The molecule has 0 spiro atoms. The molecule has 8 heteroatoms. The SMILES string of the molecule is CS(=O)(=O)c1ccc(-c2cc(COCCCO)nn2-c2ccc(Cl)cc2)cc1. The van der Waals surface area contributed by atoms with E-state index in [4.69, 9.17) is 21.4 Å². The largest absolute Gasteiger partial charge is 0.396 e. The third-order valence-electron chi connectivity index (χ3n) is 4.11. The summed E-state index contributed by atoms with van der Waals surface area (Å²) in [5.41, 5.74) is 3.20. The van der Waals surface area contributed by atoms with Gasteiger partial charge in [-0.3, -0.25) is 0 Å². The van der Waals surface area contributed by atoms with Crippen molar-refractivity contribution in [1.29, 1.82) is 0 Å². The predicted octanol–water partition coefficient (Wildman–Crippen LogP) is 3.50. The Bertz CT molecular complexity index is 1030. The Hall–Kier alpha value is -2.19. The van der Waals surface area contributed by atoms with Gasteiger partial charge in [0.25, 0.3) is 0 Å². The van der Waals surface area contributed by atoms with Crippen LogP contribution in [-0.4, -0.2) is 42.8 Å². The minimum Gasteiger partial charge on any atom is -0.396 e. The van der Waals surface area contributed by atoms with Gasteiger partial charge in [0.05, 0.1) is 28.6 Å². The maximum absolute atomic E-state index is 11.7. The van der Waals surface area contributed by atoms with Gasteiger partial charge in [0, 0.05) is 30.1 Å². The smallest absolute Gasteiger partial charge is 0.175 e. The van der Waals surface area contributed by atoms with Gasteiger partial charge in [0.15, 0.2) is 9.84 Å². The van der Waals surface area contributed by atoms with Crippen LogP contribution in [0, 0.1) is 0 Å². The zero-order valence-electron chi connectivity index (χ0n) is 15.4. The molecule has 2 aromatic carbocycles. The molecule has 0 saturated heterocycles. The normalized spacial score (nSPS) is 11.7. The molecule has 0 amide bonds. The Labute approximate surface area is 169 Å². The van der Waals surface area contributed by atoms with Crippen LogP contribution in [0.2, 0.25) is 5.02 Å². The molecule has 6 nitrogen and oxygen atoms in total. The summed E-state index contributed by atoms with van der Waals surface area (Å²) in [6.07, 6.45) is 1.75. The van der Waals surface area contributed by atoms with Gasteiger partial charge in [-0.2, -0.15) is 5.10 Å². The van der Waals surface area contributed by atoms with Crippen molar-refractivity contribution in [3.05, 3.63) is 65.3 Å². The molecule has 0 aliphatic heterocycles. The van der Waals surface area contributed by atoms with E-state index in [9.17, 15) is 8.42 Å². The molecule has 0 unspecified atom stereocenters. The quantitative estimate of drug-likeness (QED) is 0.564. The van der Waals surface area contributed by atoms with E-state index in [1.54, 1.807) is 41.1 Å². The summed E-state index contributed by atoms with van der Waals surface area (Å²) >= 11 is 5.99. The maximum Gasteiger partial charge on any atom is 0.175 e. The Morgan fingerprint density at radius 1 is 1.11 bits per heavy atom. The lowest BCUT2D eigenvalue weighted by atomic mass is 10.1. The van der Waals surface area contributed by atoms with Gasteiger partial charge >= 0.3 is 0 Å². The van der Waals surface area contributed by atoms with Crippen LogP contribution < -0.4 is 0 Å². The zero-order chi connectivity index (χ0) is 20.1. The molecule has 1 N–H and O–H groups in total. The van der Waals surface area contributed by atoms with Crippen molar-refractivity contribution in [3.8, 4) is 16.9 Å². The maximum atomic E-state index is 11.7. The van der Waals surface area contributed by atoms with Crippen LogP contribution in [0.5, 0.6) is 0 Å². The summed E-state index contributed by atoms with van der Waals surface area (Å²) in [6, 6.07) is 15.9. The van der Waals surface area contributed by atoms with Crippen molar-refractivity contribution in [2.45, 2.75) is 17.9 Å². The van der Waals surface area contributed by atoms with E-state index in [0.717, 1.165) is 22.6 Å². The van der Waals surface area contributed by atoms with E-state index in [1.165, 1.54) is 6.26 Å². The highest BCUT2D eigenvalue weighted by atomic mass is 35.5. The highest BCUT2D eigenvalue weighted by Crippen LogP contribution is 2.26. The predicted molar refractivity (Wildman–Crippen MR) is 108 cm³/mol. The molecule has 0 aliphatic carbocycles. The third-order valence-corrected chi connectivity index (χ3v) is 5.49. The van der Waals surface area contributed by atoms with Crippen LogP contribution in [-0.2, 0) is 21.2 Å². The summed E-state index contributed by atoms with van der Waals surface area (Å²) in [7, 11) is -3.26. The zero-order valence-corrected chi connectivity index (χ0v) is 16.9. The molecule has 3 aromatic rings. The number of rotatable bonds is 8. The van der Waals surface area contributed by atoms with Gasteiger partial charge in [-0.05, 0) is 48.9 Å². The van der Waals surface area contributed by atoms with Gasteiger partial charge < -0.3 is 9.84 Å². The second kappa shape index (κ2) is 8.87. The van der Waals surface area contributed by atoms with E-state index in [-0.39, 0.29) is 11.5 Å². The number of sulfone groups is 1. The first-order chi connectivity index (χ1) is 13.4.